The van der Waals surface area contributed by atoms with Crippen LogP contribution < -0.4 is 15.4 Å². The summed E-state index contributed by atoms with van der Waals surface area (Å²) in [5.41, 5.74) is 1.34. The summed E-state index contributed by atoms with van der Waals surface area (Å²) in [5, 5.41) is 14.1. The maximum atomic E-state index is 12.2. The van der Waals surface area contributed by atoms with Crippen LogP contribution in [0.25, 0.3) is 0 Å². The van der Waals surface area contributed by atoms with Crippen molar-refractivity contribution in [3.05, 3.63) is 54.1 Å². The second kappa shape index (κ2) is 8.22. The van der Waals surface area contributed by atoms with Crippen molar-refractivity contribution in [2.75, 3.05) is 10.6 Å². The van der Waals surface area contributed by atoms with Crippen LogP contribution in [0.15, 0.2) is 48.5 Å². The van der Waals surface area contributed by atoms with Crippen LogP contribution in [0.4, 0.5) is 11.4 Å². The van der Waals surface area contributed by atoms with E-state index in [-0.39, 0.29) is 6.42 Å². The molecule has 142 valence electrons. The quantitative estimate of drug-likeness (QED) is 0.769. The van der Waals surface area contributed by atoms with Crippen molar-refractivity contribution in [2.24, 2.45) is 0 Å². The van der Waals surface area contributed by atoms with Gasteiger partial charge in [0.25, 0.3) is 11.8 Å². The van der Waals surface area contributed by atoms with Crippen LogP contribution in [0.2, 0.25) is 0 Å². The molecule has 0 aromatic heterocycles. The van der Waals surface area contributed by atoms with Crippen LogP contribution in [0.5, 0.6) is 5.75 Å². The molecule has 0 unspecified atom stereocenters. The van der Waals surface area contributed by atoms with Gasteiger partial charge in [-0.3, -0.25) is 14.4 Å². The molecule has 0 radical (unpaired) electrons. The molecular weight excluding hydrogens is 362 g/mol. The molecule has 0 aliphatic carbocycles. The predicted octanol–water partition coefficient (Wildman–Crippen LogP) is 2.22. The van der Waals surface area contributed by atoms with E-state index in [1.807, 2.05) is 6.07 Å². The van der Waals surface area contributed by atoms with Gasteiger partial charge in [-0.2, -0.15) is 5.26 Å². The molecule has 0 fully saturated rings. The first kappa shape index (κ1) is 18.9. The first-order valence-electron chi connectivity index (χ1n) is 8.53. The lowest BCUT2D eigenvalue weighted by Gasteiger charge is -2.25. The fourth-order valence-corrected chi connectivity index (χ4v) is 2.59. The standard InChI is InChI=1S/C20H17N3O5/c1-12(19(25)22-14-6-4-5-13(9-14)11-21)27-18(24)10-17-20(26)23-15-7-2-3-8-16(15)28-17/h2-9,12,17H,10H2,1H3,(H,22,25)(H,23,26)/t12-,17+/m0/s1. The minimum absolute atomic E-state index is 0.332. The van der Waals surface area contributed by atoms with Gasteiger partial charge in [-0.25, -0.2) is 0 Å². The maximum absolute atomic E-state index is 12.2. The van der Waals surface area contributed by atoms with Crippen LogP contribution in [0.1, 0.15) is 18.9 Å². The van der Waals surface area contributed by atoms with Crippen LogP contribution in [-0.2, 0) is 19.1 Å². The van der Waals surface area contributed by atoms with Crippen molar-refractivity contribution in [1.82, 2.24) is 0 Å². The van der Waals surface area contributed by atoms with Crippen LogP contribution in [0.3, 0.4) is 0 Å². The largest absolute Gasteiger partial charge is 0.478 e. The van der Waals surface area contributed by atoms with Gasteiger partial charge < -0.3 is 20.1 Å². The number of nitrogens with zero attached hydrogens (tertiary/aromatic N) is 1. The summed E-state index contributed by atoms with van der Waals surface area (Å²) in [6.07, 6.45) is -2.45. The average molecular weight is 379 g/mol. The fraction of sp³-hybridized carbons (Fsp3) is 0.200. The Morgan fingerprint density at radius 3 is 2.86 bits per heavy atom. The first-order valence-corrected chi connectivity index (χ1v) is 8.53. The molecule has 1 aliphatic rings. The number of nitriles is 1. The molecule has 2 amide bonds. The van der Waals surface area contributed by atoms with Crippen molar-refractivity contribution < 1.29 is 23.9 Å². The zero-order valence-electron chi connectivity index (χ0n) is 15.0. The van der Waals surface area contributed by atoms with Crippen LogP contribution in [-0.4, -0.2) is 30.0 Å². The molecule has 1 aliphatic heterocycles. The van der Waals surface area contributed by atoms with E-state index in [4.69, 9.17) is 14.7 Å². The molecule has 0 saturated carbocycles. The molecule has 2 atom stereocenters. The number of ether oxygens (including phenoxy) is 2. The Labute approximate surface area is 161 Å². The Morgan fingerprint density at radius 1 is 1.29 bits per heavy atom. The highest BCUT2D eigenvalue weighted by Crippen LogP contribution is 2.29. The highest BCUT2D eigenvalue weighted by Gasteiger charge is 2.31. The zero-order valence-corrected chi connectivity index (χ0v) is 15.0. The number of esters is 1. The minimum Gasteiger partial charge on any atom is -0.478 e. The number of hydrogen-bond donors (Lipinski definition) is 2. The van der Waals surface area contributed by atoms with Gasteiger partial charge in [0, 0.05) is 5.69 Å². The maximum Gasteiger partial charge on any atom is 0.310 e. The summed E-state index contributed by atoms with van der Waals surface area (Å²) < 4.78 is 10.6. The minimum atomic E-state index is -1.09. The SMILES string of the molecule is C[C@H](OC(=O)C[C@H]1Oc2ccccc2NC1=O)C(=O)Nc1cccc(C#N)c1. The normalized spacial score (nSPS) is 15.9. The smallest absolute Gasteiger partial charge is 0.310 e. The third-order valence-electron chi connectivity index (χ3n) is 4.00. The van der Waals surface area contributed by atoms with Crippen LogP contribution in [0, 0.1) is 11.3 Å². The monoisotopic (exact) mass is 379 g/mol. The van der Waals surface area contributed by atoms with Gasteiger partial charge in [-0.1, -0.05) is 18.2 Å². The highest BCUT2D eigenvalue weighted by atomic mass is 16.6. The van der Waals surface area contributed by atoms with Crippen molar-refractivity contribution in [3.63, 3.8) is 0 Å². The summed E-state index contributed by atoms with van der Waals surface area (Å²) in [7, 11) is 0. The number of amides is 2. The lowest BCUT2D eigenvalue weighted by Crippen LogP contribution is -2.40. The second-order valence-corrected chi connectivity index (χ2v) is 6.11. The molecule has 0 bridgehead atoms. The highest BCUT2D eigenvalue weighted by molar-refractivity contribution is 6.00. The van der Waals surface area contributed by atoms with Gasteiger partial charge in [0.2, 0.25) is 0 Å². The van der Waals surface area contributed by atoms with E-state index in [1.165, 1.54) is 13.0 Å². The van der Waals surface area contributed by atoms with Gasteiger partial charge >= 0.3 is 5.97 Å². The molecule has 28 heavy (non-hydrogen) atoms. The summed E-state index contributed by atoms with van der Waals surface area (Å²) >= 11 is 0. The lowest BCUT2D eigenvalue weighted by molar-refractivity contribution is -0.155. The van der Waals surface area contributed by atoms with E-state index in [2.05, 4.69) is 10.6 Å². The molecule has 2 aromatic carbocycles. The number of fused-ring (bicyclic) bond motifs is 1. The molecule has 8 nitrogen and oxygen atoms in total. The van der Waals surface area contributed by atoms with Gasteiger partial charge in [0.05, 0.1) is 23.7 Å². The number of carbonyl (C=O) groups excluding carboxylic acids is 3. The molecule has 3 rings (SSSR count). The van der Waals surface area contributed by atoms with Crippen molar-refractivity contribution in [2.45, 2.75) is 25.6 Å². The molecular formula is C20H17N3O5. The number of hydrogen-bond acceptors (Lipinski definition) is 6. The third-order valence-corrected chi connectivity index (χ3v) is 4.00. The van der Waals surface area contributed by atoms with Gasteiger partial charge in [0.15, 0.2) is 12.2 Å². The summed E-state index contributed by atoms with van der Waals surface area (Å²) in [5.74, 6) is -1.29. The third kappa shape index (κ3) is 4.45. The number of carbonyl (C=O) groups is 3. The topological polar surface area (TPSA) is 118 Å². The summed E-state index contributed by atoms with van der Waals surface area (Å²) in [6.45, 7) is 1.42. The van der Waals surface area contributed by atoms with E-state index in [9.17, 15) is 14.4 Å². The Morgan fingerprint density at radius 2 is 2.07 bits per heavy atom. The number of nitrogens with one attached hydrogen (secondary N) is 2. The molecule has 1 heterocycles. The Kier molecular flexibility index (Phi) is 5.56. The van der Waals surface area contributed by atoms with Gasteiger partial charge in [-0.05, 0) is 37.3 Å². The van der Waals surface area contributed by atoms with Gasteiger partial charge in [0.1, 0.15) is 5.75 Å². The van der Waals surface area contributed by atoms with E-state index >= 15 is 0 Å². The number of benzene rings is 2. The van der Waals surface area contributed by atoms with Crippen molar-refractivity contribution in [1.29, 1.82) is 5.26 Å². The summed E-state index contributed by atoms with van der Waals surface area (Å²) in [4.78, 5) is 36.4. The van der Waals surface area contributed by atoms with Crippen molar-refractivity contribution in [3.8, 4) is 11.8 Å². The average Bonchev–Trinajstić information content (AvgIpc) is 2.68. The van der Waals surface area contributed by atoms with Gasteiger partial charge in [-0.15, -0.1) is 0 Å². The summed E-state index contributed by atoms with van der Waals surface area (Å²) in [6, 6.07) is 15.2. The number of rotatable bonds is 5. The van der Waals surface area contributed by atoms with E-state index < -0.39 is 30.0 Å². The molecule has 0 saturated heterocycles. The number of para-hydroxylation sites is 2. The Hall–Kier alpha value is -3.86. The fourth-order valence-electron chi connectivity index (χ4n) is 2.59. The lowest BCUT2D eigenvalue weighted by atomic mass is 10.1. The molecule has 0 spiro atoms. The predicted molar refractivity (Wildman–Crippen MR) is 99.4 cm³/mol. The molecule has 8 heteroatoms. The Balaban J connectivity index is 1.55. The molecule has 2 aromatic rings. The van der Waals surface area contributed by atoms with Crippen molar-refractivity contribution >= 4 is 29.2 Å². The second-order valence-electron chi connectivity index (χ2n) is 6.11. The zero-order chi connectivity index (χ0) is 20.1. The number of anilines is 2. The first-order chi connectivity index (χ1) is 13.5. The van der Waals surface area contributed by atoms with E-state index in [1.54, 1.807) is 42.5 Å². The Bertz CT molecular complexity index is 966. The van der Waals surface area contributed by atoms with Crippen LogP contribution >= 0.6 is 0 Å². The van der Waals surface area contributed by atoms with E-state index in [0.29, 0.717) is 22.7 Å². The van der Waals surface area contributed by atoms with E-state index in [0.717, 1.165) is 0 Å². The molecule has 2 N–H and O–H groups in total.